The molecular weight excluding hydrogens is 292 g/mol. The smallest absolute Gasteiger partial charge is 0.333 e. The van der Waals surface area contributed by atoms with Gasteiger partial charge < -0.3 is 4.74 Å². The van der Waals surface area contributed by atoms with Gasteiger partial charge in [0.25, 0.3) is 0 Å². The summed E-state index contributed by atoms with van der Waals surface area (Å²) in [6.07, 6.45) is 7.39. The first-order valence-corrected chi connectivity index (χ1v) is 8.39. The van der Waals surface area contributed by atoms with Crippen LogP contribution in [0.25, 0.3) is 0 Å². The van der Waals surface area contributed by atoms with E-state index >= 15 is 0 Å². The van der Waals surface area contributed by atoms with Crippen molar-refractivity contribution in [3.63, 3.8) is 0 Å². The highest BCUT2D eigenvalue weighted by Crippen LogP contribution is 2.68. The van der Waals surface area contributed by atoms with Crippen LogP contribution in [0.5, 0.6) is 0 Å². The Morgan fingerprint density at radius 3 is 2.87 bits per heavy atom. The van der Waals surface area contributed by atoms with Gasteiger partial charge in [-0.1, -0.05) is 19.1 Å². The molecule has 0 unspecified atom stereocenters. The minimum Gasteiger partial charge on any atom is -0.462 e. The third-order valence-electron chi connectivity index (χ3n) is 6.58. The summed E-state index contributed by atoms with van der Waals surface area (Å²) in [5.41, 5.74) is 0.415. The predicted octanol–water partition coefficient (Wildman–Crippen LogP) is 3.02. The molecule has 0 aromatic carbocycles. The van der Waals surface area contributed by atoms with Crippen molar-refractivity contribution in [3.05, 3.63) is 23.3 Å². The lowest BCUT2D eigenvalue weighted by Crippen LogP contribution is -2.38. The van der Waals surface area contributed by atoms with E-state index in [1.54, 1.807) is 13.0 Å². The Labute approximate surface area is 137 Å². The second-order valence-corrected chi connectivity index (χ2v) is 7.45. The molecule has 0 saturated heterocycles. The Balaban J connectivity index is 1.89. The number of ether oxygens (including phenoxy) is 1. The molecule has 0 N–H and O–H groups in total. The number of rotatable bonds is 4. The van der Waals surface area contributed by atoms with Crippen molar-refractivity contribution in [2.45, 2.75) is 46.5 Å². The van der Waals surface area contributed by atoms with Crippen LogP contribution in [0, 0.1) is 22.7 Å². The van der Waals surface area contributed by atoms with Gasteiger partial charge in [0.2, 0.25) is 0 Å². The quantitative estimate of drug-likeness (QED) is 0.454. The van der Waals surface area contributed by atoms with E-state index in [-0.39, 0.29) is 23.1 Å². The zero-order valence-electron chi connectivity index (χ0n) is 14.1. The number of hydrogen-bond donors (Lipinski definition) is 0. The molecular formula is C19H24O4. The first-order chi connectivity index (χ1) is 10.9. The van der Waals surface area contributed by atoms with Crippen molar-refractivity contribution in [1.29, 1.82) is 0 Å². The lowest BCUT2D eigenvalue weighted by Gasteiger charge is -2.36. The van der Waals surface area contributed by atoms with Gasteiger partial charge in [0.15, 0.2) is 0 Å². The van der Waals surface area contributed by atoms with Gasteiger partial charge in [-0.05, 0) is 44.9 Å². The van der Waals surface area contributed by atoms with Gasteiger partial charge in [-0.3, -0.25) is 9.59 Å². The molecule has 4 atom stereocenters. The van der Waals surface area contributed by atoms with Gasteiger partial charge >= 0.3 is 5.97 Å². The first kappa shape index (κ1) is 16.2. The highest BCUT2D eigenvalue weighted by Gasteiger charge is 2.67. The Morgan fingerprint density at radius 1 is 1.48 bits per heavy atom. The molecule has 4 nitrogen and oxygen atoms in total. The van der Waals surface area contributed by atoms with E-state index in [9.17, 15) is 14.4 Å². The maximum Gasteiger partial charge on any atom is 0.333 e. The molecule has 4 heteroatoms. The normalized spacial score (nSPS) is 39.0. The molecule has 124 valence electrons. The van der Waals surface area contributed by atoms with Crippen LogP contribution < -0.4 is 0 Å². The second kappa shape index (κ2) is 5.43. The standard InChI is InChI=1S/C19H24O4/c1-4-12(2)17(22)23-11-18(3)13-5-6-14(10-20)19(9-13)15(18)7-8-16(19)21/h4,6,10,13,15H,5,7-9,11H2,1-3H3/b12-4+/t13-,15+,18-,19+/m1/s1. The number of esters is 1. The Morgan fingerprint density at radius 2 is 2.22 bits per heavy atom. The van der Waals surface area contributed by atoms with E-state index < -0.39 is 5.41 Å². The number of carbonyl (C=O) groups is 3. The van der Waals surface area contributed by atoms with Crippen molar-refractivity contribution in [2.75, 3.05) is 6.61 Å². The van der Waals surface area contributed by atoms with Crippen LogP contribution in [-0.4, -0.2) is 24.6 Å². The molecule has 2 saturated carbocycles. The highest BCUT2D eigenvalue weighted by molar-refractivity contribution is 5.98. The summed E-state index contributed by atoms with van der Waals surface area (Å²) in [5.74, 6) is 0.298. The molecule has 0 radical (unpaired) electrons. The highest BCUT2D eigenvalue weighted by atomic mass is 16.5. The number of aldehydes is 1. The van der Waals surface area contributed by atoms with E-state index in [1.807, 2.05) is 13.0 Å². The van der Waals surface area contributed by atoms with E-state index in [2.05, 4.69) is 6.92 Å². The van der Waals surface area contributed by atoms with Gasteiger partial charge in [-0.25, -0.2) is 4.79 Å². The topological polar surface area (TPSA) is 60.4 Å². The SMILES string of the molecule is C/C=C(\C)C(=O)OC[C@]1(C)[C@@H]2CC=C(C=O)[C@]3(C2)C(=O)CC[C@H]31. The minimum absolute atomic E-state index is 0.102. The maximum atomic E-state index is 12.6. The van der Waals surface area contributed by atoms with Crippen LogP contribution in [0.4, 0.5) is 0 Å². The summed E-state index contributed by atoms with van der Waals surface area (Å²) in [7, 11) is 0. The van der Waals surface area contributed by atoms with Crippen molar-refractivity contribution >= 4 is 18.0 Å². The Kier molecular flexibility index (Phi) is 3.81. The van der Waals surface area contributed by atoms with E-state index in [1.165, 1.54) is 0 Å². The van der Waals surface area contributed by atoms with E-state index in [0.717, 1.165) is 25.5 Å². The molecule has 3 aliphatic rings. The summed E-state index contributed by atoms with van der Waals surface area (Å²) < 4.78 is 5.57. The molecule has 0 aromatic rings. The molecule has 3 rings (SSSR count). The second-order valence-electron chi connectivity index (χ2n) is 7.45. The lowest BCUT2D eigenvalue weighted by molar-refractivity contribution is -0.144. The fourth-order valence-electron chi connectivity index (χ4n) is 5.10. The molecule has 2 fully saturated rings. The van der Waals surface area contributed by atoms with Crippen LogP contribution in [0.15, 0.2) is 23.3 Å². The molecule has 3 aliphatic carbocycles. The zero-order valence-corrected chi connectivity index (χ0v) is 14.1. The number of allylic oxidation sites excluding steroid dienone is 3. The maximum absolute atomic E-state index is 12.6. The number of ketones is 1. The first-order valence-electron chi connectivity index (χ1n) is 8.39. The van der Waals surface area contributed by atoms with Crippen molar-refractivity contribution < 1.29 is 19.1 Å². The Hall–Kier alpha value is -1.71. The van der Waals surface area contributed by atoms with Crippen molar-refractivity contribution in [2.24, 2.45) is 22.7 Å². The fourth-order valence-corrected chi connectivity index (χ4v) is 5.10. The number of carbonyl (C=O) groups excluding carboxylic acids is 3. The van der Waals surface area contributed by atoms with Gasteiger partial charge in [0, 0.05) is 23.0 Å². The van der Waals surface area contributed by atoms with Crippen LogP contribution in [-0.2, 0) is 19.1 Å². The molecule has 0 heterocycles. The van der Waals surface area contributed by atoms with Crippen LogP contribution in [0.1, 0.15) is 46.5 Å². The van der Waals surface area contributed by atoms with Gasteiger partial charge in [-0.15, -0.1) is 0 Å². The van der Waals surface area contributed by atoms with Gasteiger partial charge in [0.05, 0.1) is 12.0 Å². The van der Waals surface area contributed by atoms with Crippen LogP contribution >= 0.6 is 0 Å². The largest absolute Gasteiger partial charge is 0.462 e. The zero-order chi connectivity index (χ0) is 16.8. The molecule has 2 bridgehead atoms. The number of fused-ring (bicyclic) bond motifs is 1. The Bertz CT molecular complexity index is 629. The van der Waals surface area contributed by atoms with Gasteiger partial charge in [0.1, 0.15) is 12.1 Å². The molecule has 0 aliphatic heterocycles. The summed E-state index contributed by atoms with van der Waals surface area (Å²) in [6, 6.07) is 0. The summed E-state index contributed by atoms with van der Waals surface area (Å²) >= 11 is 0. The number of hydrogen-bond acceptors (Lipinski definition) is 4. The van der Waals surface area contributed by atoms with Crippen molar-refractivity contribution in [1.82, 2.24) is 0 Å². The minimum atomic E-state index is -0.610. The van der Waals surface area contributed by atoms with E-state index in [4.69, 9.17) is 4.74 Å². The summed E-state index contributed by atoms with van der Waals surface area (Å²) in [4.78, 5) is 36.2. The lowest BCUT2D eigenvalue weighted by atomic mass is 9.68. The van der Waals surface area contributed by atoms with E-state index in [0.29, 0.717) is 30.1 Å². The fraction of sp³-hybridized carbons (Fsp3) is 0.632. The number of Topliss-reactive ketones (excluding diaryl/α,β-unsaturated/α-hetero) is 1. The van der Waals surface area contributed by atoms with Crippen LogP contribution in [0.2, 0.25) is 0 Å². The van der Waals surface area contributed by atoms with Crippen LogP contribution in [0.3, 0.4) is 0 Å². The third-order valence-corrected chi connectivity index (χ3v) is 6.58. The molecule has 1 spiro atoms. The molecule has 23 heavy (non-hydrogen) atoms. The average molecular weight is 316 g/mol. The summed E-state index contributed by atoms with van der Waals surface area (Å²) in [5, 5.41) is 0. The monoisotopic (exact) mass is 316 g/mol. The van der Waals surface area contributed by atoms with Crippen molar-refractivity contribution in [3.8, 4) is 0 Å². The van der Waals surface area contributed by atoms with Gasteiger partial charge in [-0.2, -0.15) is 0 Å². The predicted molar refractivity (Wildman–Crippen MR) is 85.5 cm³/mol. The summed E-state index contributed by atoms with van der Waals surface area (Å²) in [6.45, 7) is 6.00. The average Bonchev–Trinajstić information content (AvgIpc) is 2.97. The molecule has 0 aromatic heterocycles. The third kappa shape index (κ3) is 2.07. The molecule has 0 amide bonds.